The Labute approximate surface area is 72.1 Å². The van der Waals surface area contributed by atoms with Gasteiger partial charge in [0.2, 0.25) is 5.91 Å². The van der Waals surface area contributed by atoms with Gasteiger partial charge in [-0.15, -0.1) is 5.10 Å². The molecule has 66 valence electrons. The normalized spacial score (nSPS) is 9.75. The Hall–Kier alpha value is -1.24. The molecule has 0 unspecified atom stereocenters. The van der Waals surface area contributed by atoms with Crippen molar-refractivity contribution in [1.82, 2.24) is 20.5 Å². The number of amides is 1. The summed E-state index contributed by atoms with van der Waals surface area (Å²) in [6, 6.07) is 0. The lowest BCUT2D eigenvalue weighted by Gasteiger charge is -1.94. The second kappa shape index (κ2) is 3.96. The number of carbonyl (C=O) groups excluding carboxylic acids is 1. The van der Waals surface area contributed by atoms with Crippen molar-refractivity contribution in [2.24, 2.45) is 0 Å². The van der Waals surface area contributed by atoms with Crippen molar-refractivity contribution in [2.75, 3.05) is 12.8 Å². The molecule has 1 aromatic rings. The van der Waals surface area contributed by atoms with Crippen molar-refractivity contribution < 1.29 is 4.79 Å². The molecule has 1 rings (SSSR count). The standard InChI is InChI=1S/C5H8N4O2S/c1-6-3(10)2-12-5-7-4(11)8-9-5/h2H2,1H3,(H,6,10)(H2,7,8,9,11). The fourth-order valence-electron chi connectivity index (χ4n) is 0.529. The molecule has 0 radical (unpaired) electrons. The van der Waals surface area contributed by atoms with E-state index in [1.165, 1.54) is 0 Å². The summed E-state index contributed by atoms with van der Waals surface area (Å²) in [7, 11) is 1.55. The van der Waals surface area contributed by atoms with Gasteiger partial charge in [-0.05, 0) is 0 Å². The molecule has 0 aromatic carbocycles. The Balaban J connectivity index is 2.43. The number of carbonyl (C=O) groups is 1. The molecule has 0 fully saturated rings. The average molecular weight is 188 g/mol. The van der Waals surface area contributed by atoms with Crippen LogP contribution in [0.25, 0.3) is 0 Å². The summed E-state index contributed by atoms with van der Waals surface area (Å²) in [6.45, 7) is 0. The van der Waals surface area contributed by atoms with Crippen LogP contribution in [-0.4, -0.2) is 33.9 Å². The van der Waals surface area contributed by atoms with Crippen molar-refractivity contribution >= 4 is 17.7 Å². The Morgan fingerprint density at radius 3 is 3.00 bits per heavy atom. The Morgan fingerprint density at radius 2 is 2.50 bits per heavy atom. The van der Waals surface area contributed by atoms with Gasteiger partial charge in [0.25, 0.3) is 0 Å². The van der Waals surface area contributed by atoms with Crippen molar-refractivity contribution in [3.63, 3.8) is 0 Å². The SMILES string of the molecule is CNC(=O)CSc1n[nH]c(=O)[nH]1. The van der Waals surface area contributed by atoms with E-state index in [1.54, 1.807) is 7.05 Å². The van der Waals surface area contributed by atoms with Gasteiger partial charge in [-0.1, -0.05) is 11.8 Å². The van der Waals surface area contributed by atoms with Gasteiger partial charge in [0, 0.05) is 7.05 Å². The van der Waals surface area contributed by atoms with Gasteiger partial charge in [0.05, 0.1) is 5.75 Å². The van der Waals surface area contributed by atoms with Crippen LogP contribution in [0.1, 0.15) is 0 Å². The first-order valence-corrected chi connectivity index (χ1v) is 4.19. The molecular formula is C5H8N4O2S. The summed E-state index contributed by atoms with van der Waals surface area (Å²) in [6.07, 6.45) is 0. The van der Waals surface area contributed by atoms with Gasteiger partial charge in [-0.2, -0.15) is 0 Å². The molecule has 0 saturated carbocycles. The topological polar surface area (TPSA) is 90.6 Å². The van der Waals surface area contributed by atoms with Crippen LogP contribution in [0, 0.1) is 0 Å². The molecule has 0 bridgehead atoms. The molecule has 0 saturated heterocycles. The van der Waals surface area contributed by atoms with Crippen LogP contribution < -0.4 is 11.0 Å². The Kier molecular flexibility index (Phi) is 2.92. The van der Waals surface area contributed by atoms with Crippen molar-refractivity contribution in [1.29, 1.82) is 0 Å². The highest BCUT2D eigenvalue weighted by Gasteiger charge is 2.02. The summed E-state index contributed by atoms with van der Waals surface area (Å²) in [5.74, 6) is 0.140. The van der Waals surface area contributed by atoms with Gasteiger partial charge in [0.15, 0.2) is 5.16 Å². The van der Waals surface area contributed by atoms with E-state index in [-0.39, 0.29) is 17.3 Å². The number of thioether (sulfide) groups is 1. The third-order valence-electron chi connectivity index (χ3n) is 1.10. The largest absolute Gasteiger partial charge is 0.358 e. The van der Waals surface area contributed by atoms with Crippen LogP contribution in [0.2, 0.25) is 0 Å². The highest BCUT2D eigenvalue weighted by atomic mass is 32.2. The lowest BCUT2D eigenvalue weighted by molar-refractivity contribution is -0.118. The van der Waals surface area contributed by atoms with Gasteiger partial charge >= 0.3 is 5.69 Å². The van der Waals surface area contributed by atoms with E-state index in [4.69, 9.17) is 0 Å². The van der Waals surface area contributed by atoms with E-state index in [1.807, 2.05) is 0 Å². The minimum absolute atomic E-state index is 0.108. The number of nitrogens with one attached hydrogen (secondary N) is 3. The first kappa shape index (κ1) is 8.85. The molecule has 0 aliphatic rings. The molecule has 1 aromatic heterocycles. The molecule has 0 atom stereocenters. The Bertz CT molecular complexity index is 317. The molecule has 3 N–H and O–H groups in total. The maximum absolute atomic E-state index is 10.7. The van der Waals surface area contributed by atoms with E-state index >= 15 is 0 Å². The molecule has 1 amide bonds. The molecule has 7 heteroatoms. The second-order valence-electron chi connectivity index (χ2n) is 1.94. The number of hydrogen-bond acceptors (Lipinski definition) is 4. The second-order valence-corrected chi connectivity index (χ2v) is 2.91. The molecule has 12 heavy (non-hydrogen) atoms. The fourth-order valence-corrected chi connectivity index (χ4v) is 1.22. The minimum atomic E-state index is -0.366. The van der Waals surface area contributed by atoms with Crippen LogP contribution in [0.15, 0.2) is 9.95 Å². The lowest BCUT2D eigenvalue weighted by atomic mass is 10.7. The molecule has 0 aliphatic carbocycles. The number of aromatic amines is 2. The molecule has 0 spiro atoms. The third kappa shape index (κ3) is 2.42. The van der Waals surface area contributed by atoms with E-state index in [2.05, 4.69) is 20.5 Å². The van der Waals surface area contributed by atoms with Gasteiger partial charge < -0.3 is 5.32 Å². The maximum atomic E-state index is 10.7. The first-order chi connectivity index (χ1) is 5.72. The predicted molar refractivity (Wildman–Crippen MR) is 44.0 cm³/mol. The van der Waals surface area contributed by atoms with E-state index < -0.39 is 0 Å². The zero-order chi connectivity index (χ0) is 8.97. The summed E-state index contributed by atoms with van der Waals surface area (Å²) < 4.78 is 0. The fraction of sp³-hybridized carbons (Fsp3) is 0.400. The maximum Gasteiger partial charge on any atom is 0.341 e. The Morgan fingerprint density at radius 1 is 1.75 bits per heavy atom. The van der Waals surface area contributed by atoms with Crippen molar-refractivity contribution in [3.8, 4) is 0 Å². The molecule has 1 heterocycles. The smallest absolute Gasteiger partial charge is 0.341 e. The highest BCUT2D eigenvalue weighted by Crippen LogP contribution is 2.07. The predicted octanol–water partition coefficient (Wildman–Crippen LogP) is -1.06. The molecule has 6 nitrogen and oxygen atoms in total. The number of H-pyrrole nitrogens is 2. The van der Waals surface area contributed by atoms with E-state index in [0.29, 0.717) is 5.16 Å². The van der Waals surface area contributed by atoms with E-state index in [9.17, 15) is 9.59 Å². The van der Waals surface area contributed by atoms with Crippen LogP contribution >= 0.6 is 11.8 Å². The van der Waals surface area contributed by atoms with E-state index in [0.717, 1.165) is 11.8 Å². The third-order valence-corrected chi connectivity index (χ3v) is 1.97. The number of nitrogens with zero attached hydrogens (tertiary/aromatic N) is 1. The number of aromatic nitrogens is 3. The van der Waals surface area contributed by atoms with Crippen molar-refractivity contribution in [3.05, 3.63) is 10.5 Å². The monoisotopic (exact) mass is 188 g/mol. The van der Waals surface area contributed by atoms with Crippen LogP contribution in [0.5, 0.6) is 0 Å². The first-order valence-electron chi connectivity index (χ1n) is 3.20. The molecular weight excluding hydrogens is 180 g/mol. The quantitative estimate of drug-likeness (QED) is 0.527. The lowest BCUT2D eigenvalue weighted by Crippen LogP contribution is -2.19. The zero-order valence-electron chi connectivity index (χ0n) is 6.38. The van der Waals surface area contributed by atoms with Crippen molar-refractivity contribution in [2.45, 2.75) is 5.16 Å². The number of rotatable bonds is 3. The minimum Gasteiger partial charge on any atom is -0.358 e. The van der Waals surface area contributed by atoms with Crippen LogP contribution in [0.4, 0.5) is 0 Å². The van der Waals surface area contributed by atoms with Gasteiger partial charge in [-0.3, -0.25) is 9.78 Å². The zero-order valence-corrected chi connectivity index (χ0v) is 7.20. The summed E-state index contributed by atoms with van der Waals surface area (Å²) in [5.41, 5.74) is -0.366. The number of hydrogen-bond donors (Lipinski definition) is 3. The van der Waals surface area contributed by atoms with Gasteiger partial charge in [-0.25, -0.2) is 9.89 Å². The van der Waals surface area contributed by atoms with Gasteiger partial charge in [0.1, 0.15) is 0 Å². The average Bonchev–Trinajstić information content (AvgIpc) is 2.47. The highest BCUT2D eigenvalue weighted by molar-refractivity contribution is 7.99. The van der Waals surface area contributed by atoms with Crippen LogP contribution in [-0.2, 0) is 4.79 Å². The van der Waals surface area contributed by atoms with Crippen LogP contribution in [0.3, 0.4) is 0 Å². The summed E-state index contributed by atoms with van der Waals surface area (Å²) in [5, 5.41) is 8.68. The summed E-state index contributed by atoms with van der Waals surface area (Å²) >= 11 is 1.16. The molecule has 0 aliphatic heterocycles. The summed E-state index contributed by atoms with van der Waals surface area (Å²) in [4.78, 5) is 23.7.